The quantitative estimate of drug-likeness (QED) is 0.825. The van der Waals surface area contributed by atoms with E-state index in [0.717, 1.165) is 9.90 Å². The lowest BCUT2D eigenvalue weighted by Gasteiger charge is -2.25. The Labute approximate surface area is 110 Å². The van der Waals surface area contributed by atoms with Crippen LogP contribution >= 0.6 is 22.9 Å². The molecule has 2 N–H and O–H groups in total. The van der Waals surface area contributed by atoms with E-state index in [2.05, 4.69) is 0 Å². The number of primary amides is 1. The summed E-state index contributed by atoms with van der Waals surface area (Å²) in [5.41, 5.74) is 5.32. The minimum Gasteiger partial charge on any atom is -0.383 e. The van der Waals surface area contributed by atoms with Crippen molar-refractivity contribution in [3.8, 4) is 0 Å². The topological polar surface area (TPSA) is 55.6 Å². The van der Waals surface area contributed by atoms with Gasteiger partial charge in [-0.2, -0.15) is 0 Å². The molecule has 0 saturated carbocycles. The Morgan fingerprint density at radius 2 is 2.41 bits per heavy atom. The molecule has 1 rings (SSSR count). The number of methoxy groups -OCH3 is 1. The van der Waals surface area contributed by atoms with Gasteiger partial charge in [-0.1, -0.05) is 11.6 Å². The van der Waals surface area contributed by atoms with Crippen molar-refractivity contribution in [2.75, 3.05) is 20.3 Å². The molecule has 1 aromatic heterocycles. The normalized spacial score (nSPS) is 12.9. The summed E-state index contributed by atoms with van der Waals surface area (Å²) >= 11 is 7.44. The number of ether oxygens (including phenoxy) is 1. The van der Waals surface area contributed by atoms with Crippen LogP contribution in [0.25, 0.3) is 0 Å². The van der Waals surface area contributed by atoms with Gasteiger partial charge >= 0.3 is 0 Å². The summed E-state index contributed by atoms with van der Waals surface area (Å²) in [6.07, 6.45) is 0. The van der Waals surface area contributed by atoms with E-state index in [-0.39, 0.29) is 11.9 Å². The van der Waals surface area contributed by atoms with Crippen LogP contribution in [0.4, 0.5) is 0 Å². The number of carbonyl (C=O) groups is 1. The number of hydrogen-bond donors (Lipinski definition) is 1. The summed E-state index contributed by atoms with van der Waals surface area (Å²) in [6.45, 7) is 3.69. The third-order valence-corrected chi connectivity index (χ3v) is 3.79. The zero-order valence-electron chi connectivity index (χ0n) is 9.98. The first kappa shape index (κ1) is 14.4. The molecule has 1 atom stereocenters. The first-order valence-corrected chi connectivity index (χ1v) is 6.55. The zero-order valence-corrected chi connectivity index (χ0v) is 11.6. The molecular formula is C11H17ClN2O2S. The number of thiophene rings is 1. The van der Waals surface area contributed by atoms with E-state index in [0.29, 0.717) is 19.7 Å². The van der Waals surface area contributed by atoms with Gasteiger partial charge in [0.15, 0.2) is 0 Å². The van der Waals surface area contributed by atoms with Crippen molar-refractivity contribution in [3.63, 3.8) is 0 Å². The van der Waals surface area contributed by atoms with Crippen molar-refractivity contribution in [3.05, 3.63) is 21.3 Å². The van der Waals surface area contributed by atoms with Crippen molar-refractivity contribution in [2.45, 2.75) is 19.5 Å². The third-order valence-electron chi connectivity index (χ3n) is 2.52. The van der Waals surface area contributed by atoms with E-state index in [1.165, 1.54) is 0 Å². The molecule has 0 aliphatic rings. The zero-order chi connectivity index (χ0) is 12.8. The van der Waals surface area contributed by atoms with Gasteiger partial charge in [-0.3, -0.25) is 9.69 Å². The summed E-state index contributed by atoms with van der Waals surface area (Å²) in [6, 6.07) is 1.59. The Hall–Kier alpha value is -0.620. The van der Waals surface area contributed by atoms with Crippen LogP contribution < -0.4 is 5.73 Å². The Bertz CT molecular complexity index is 370. The van der Waals surface area contributed by atoms with Gasteiger partial charge < -0.3 is 10.5 Å². The van der Waals surface area contributed by atoms with Crippen LogP contribution in [0.1, 0.15) is 11.8 Å². The lowest BCUT2D eigenvalue weighted by atomic mass is 10.2. The fourth-order valence-electron chi connectivity index (χ4n) is 1.44. The van der Waals surface area contributed by atoms with Gasteiger partial charge in [-0.05, 0) is 13.0 Å². The van der Waals surface area contributed by atoms with E-state index in [1.54, 1.807) is 25.4 Å². The summed E-state index contributed by atoms with van der Waals surface area (Å²) in [5.74, 6) is -0.330. The molecule has 1 amide bonds. The summed E-state index contributed by atoms with van der Waals surface area (Å²) in [4.78, 5) is 14.3. The Balaban J connectivity index is 2.65. The molecule has 0 aromatic carbocycles. The molecule has 96 valence electrons. The van der Waals surface area contributed by atoms with E-state index in [4.69, 9.17) is 22.1 Å². The molecule has 0 aliphatic carbocycles. The van der Waals surface area contributed by atoms with Gasteiger partial charge in [0, 0.05) is 30.5 Å². The largest absolute Gasteiger partial charge is 0.383 e. The molecule has 0 unspecified atom stereocenters. The predicted molar refractivity (Wildman–Crippen MR) is 70.3 cm³/mol. The molecule has 0 fully saturated rings. The molecule has 1 heterocycles. The number of halogens is 1. The average Bonchev–Trinajstić information content (AvgIpc) is 2.69. The minimum atomic E-state index is -0.330. The van der Waals surface area contributed by atoms with Crippen molar-refractivity contribution < 1.29 is 9.53 Å². The highest BCUT2D eigenvalue weighted by molar-refractivity contribution is 7.10. The second kappa shape index (κ2) is 6.96. The first-order chi connectivity index (χ1) is 8.04. The van der Waals surface area contributed by atoms with Crippen LogP contribution in [-0.2, 0) is 16.1 Å². The molecule has 1 aromatic rings. The highest BCUT2D eigenvalue weighted by Gasteiger charge is 2.19. The summed E-state index contributed by atoms with van der Waals surface area (Å²) in [7, 11) is 1.63. The fourth-order valence-corrected chi connectivity index (χ4v) is 2.53. The van der Waals surface area contributed by atoms with E-state index in [1.807, 2.05) is 16.3 Å². The van der Waals surface area contributed by atoms with Gasteiger partial charge in [0.1, 0.15) is 0 Å². The van der Waals surface area contributed by atoms with Gasteiger partial charge in [0.2, 0.25) is 5.91 Å². The molecular weight excluding hydrogens is 260 g/mol. The van der Waals surface area contributed by atoms with E-state index >= 15 is 0 Å². The Morgan fingerprint density at radius 1 is 1.71 bits per heavy atom. The maximum absolute atomic E-state index is 11.2. The summed E-state index contributed by atoms with van der Waals surface area (Å²) in [5, 5.41) is 2.60. The van der Waals surface area contributed by atoms with Crippen molar-refractivity contribution >= 4 is 28.8 Å². The lowest BCUT2D eigenvalue weighted by Crippen LogP contribution is -2.43. The maximum Gasteiger partial charge on any atom is 0.234 e. The number of amides is 1. The van der Waals surface area contributed by atoms with Crippen LogP contribution in [0.2, 0.25) is 5.02 Å². The number of rotatable bonds is 7. The van der Waals surface area contributed by atoms with Crippen LogP contribution in [-0.4, -0.2) is 37.1 Å². The fraction of sp³-hybridized carbons (Fsp3) is 0.545. The number of nitrogens with zero attached hydrogens (tertiary/aromatic N) is 1. The highest BCUT2D eigenvalue weighted by Crippen LogP contribution is 2.21. The standard InChI is InChI=1S/C11H17ClN2O2S/c1-8(11(13)15)14(3-4-16-2)6-10-5-9(12)7-17-10/h5,7-8H,3-4,6H2,1-2H3,(H2,13,15)/t8-/m0/s1. The van der Waals surface area contributed by atoms with Crippen molar-refractivity contribution in [2.24, 2.45) is 5.73 Å². The van der Waals surface area contributed by atoms with Gasteiger partial charge in [-0.15, -0.1) is 11.3 Å². The van der Waals surface area contributed by atoms with Gasteiger partial charge in [0.05, 0.1) is 17.7 Å². The minimum absolute atomic E-state index is 0.314. The molecule has 17 heavy (non-hydrogen) atoms. The third kappa shape index (κ3) is 4.63. The molecule has 4 nitrogen and oxygen atoms in total. The first-order valence-electron chi connectivity index (χ1n) is 5.29. The Kier molecular flexibility index (Phi) is 5.91. The molecule has 6 heteroatoms. The molecule has 0 spiro atoms. The van der Waals surface area contributed by atoms with Gasteiger partial charge in [0.25, 0.3) is 0 Å². The molecule has 0 bridgehead atoms. The second-order valence-electron chi connectivity index (χ2n) is 3.77. The molecule has 0 aliphatic heterocycles. The van der Waals surface area contributed by atoms with Crippen LogP contribution in [0, 0.1) is 0 Å². The van der Waals surface area contributed by atoms with E-state index < -0.39 is 0 Å². The van der Waals surface area contributed by atoms with Crippen LogP contribution in [0.15, 0.2) is 11.4 Å². The van der Waals surface area contributed by atoms with Crippen LogP contribution in [0.3, 0.4) is 0 Å². The van der Waals surface area contributed by atoms with Crippen molar-refractivity contribution in [1.29, 1.82) is 0 Å². The van der Waals surface area contributed by atoms with E-state index in [9.17, 15) is 4.79 Å². The number of carbonyl (C=O) groups excluding carboxylic acids is 1. The maximum atomic E-state index is 11.2. The predicted octanol–water partition coefficient (Wildman–Crippen LogP) is 1.72. The second-order valence-corrected chi connectivity index (χ2v) is 5.21. The van der Waals surface area contributed by atoms with Gasteiger partial charge in [-0.25, -0.2) is 0 Å². The molecule has 0 saturated heterocycles. The molecule has 0 radical (unpaired) electrons. The highest BCUT2D eigenvalue weighted by atomic mass is 35.5. The number of nitrogens with two attached hydrogens (primary N) is 1. The monoisotopic (exact) mass is 276 g/mol. The SMILES string of the molecule is COCCN(Cc1cc(Cl)cs1)[C@@H](C)C(N)=O. The lowest BCUT2D eigenvalue weighted by molar-refractivity contribution is -0.123. The summed E-state index contributed by atoms with van der Waals surface area (Å²) < 4.78 is 5.03. The average molecular weight is 277 g/mol. The van der Waals surface area contributed by atoms with Crippen LogP contribution in [0.5, 0.6) is 0 Å². The van der Waals surface area contributed by atoms with Crippen molar-refractivity contribution in [1.82, 2.24) is 4.90 Å². The smallest absolute Gasteiger partial charge is 0.234 e. The Morgan fingerprint density at radius 3 is 2.88 bits per heavy atom. The number of hydrogen-bond acceptors (Lipinski definition) is 4.